The predicted molar refractivity (Wildman–Crippen MR) is 90.4 cm³/mol. The largest absolute Gasteiger partial charge is 0.380 e. The van der Waals surface area contributed by atoms with Crippen LogP contribution in [0.15, 0.2) is 51.2 Å². The van der Waals surface area contributed by atoms with Gasteiger partial charge in [0.1, 0.15) is 11.4 Å². The van der Waals surface area contributed by atoms with Gasteiger partial charge in [-0.2, -0.15) is 0 Å². The number of benzene rings is 1. The highest BCUT2D eigenvalue weighted by atomic mass is 32.2. The molecule has 21 heavy (non-hydrogen) atoms. The average molecular weight is 321 g/mol. The summed E-state index contributed by atoms with van der Waals surface area (Å²) in [7, 11) is 0. The van der Waals surface area contributed by atoms with Crippen LogP contribution < -0.4 is 0 Å². The van der Waals surface area contributed by atoms with Crippen molar-refractivity contribution in [3.63, 3.8) is 0 Å². The standard InChI is InChI=1S/C16H19NO2S2/c1-12-9-14(19-17-12)10-16(18,11-15(20-2)21-3)13-7-5-4-6-8-13/h4-9,11,18H,10H2,1-3H3. The van der Waals surface area contributed by atoms with Crippen molar-refractivity contribution in [2.75, 3.05) is 12.5 Å². The molecule has 0 fully saturated rings. The summed E-state index contributed by atoms with van der Waals surface area (Å²) in [5.41, 5.74) is 0.563. The lowest BCUT2D eigenvalue weighted by molar-refractivity contribution is 0.0817. The van der Waals surface area contributed by atoms with E-state index in [4.69, 9.17) is 4.52 Å². The summed E-state index contributed by atoms with van der Waals surface area (Å²) < 4.78 is 6.34. The van der Waals surface area contributed by atoms with Gasteiger partial charge in [-0.05, 0) is 31.1 Å². The zero-order chi connectivity index (χ0) is 15.3. The summed E-state index contributed by atoms with van der Waals surface area (Å²) in [6.45, 7) is 1.87. The first-order valence-electron chi connectivity index (χ1n) is 6.58. The molecule has 0 amide bonds. The van der Waals surface area contributed by atoms with Gasteiger partial charge in [0.15, 0.2) is 0 Å². The zero-order valence-corrected chi connectivity index (χ0v) is 14.0. The molecule has 0 bridgehead atoms. The predicted octanol–water partition coefficient (Wildman–Crippen LogP) is 3.98. The van der Waals surface area contributed by atoms with Crippen LogP contribution in [0.4, 0.5) is 0 Å². The van der Waals surface area contributed by atoms with E-state index in [1.807, 2.05) is 61.9 Å². The highest BCUT2D eigenvalue weighted by Gasteiger charge is 2.29. The van der Waals surface area contributed by atoms with Crippen molar-refractivity contribution in [1.29, 1.82) is 0 Å². The van der Waals surface area contributed by atoms with Crippen LogP contribution in [0.1, 0.15) is 17.0 Å². The molecule has 0 aliphatic carbocycles. The van der Waals surface area contributed by atoms with Gasteiger partial charge in [0.25, 0.3) is 0 Å². The van der Waals surface area contributed by atoms with Crippen LogP contribution in [-0.2, 0) is 12.0 Å². The molecule has 0 saturated heterocycles. The number of thioether (sulfide) groups is 2. The lowest BCUT2D eigenvalue weighted by Crippen LogP contribution is -2.26. The smallest absolute Gasteiger partial charge is 0.140 e. The summed E-state index contributed by atoms with van der Waals surface area (Å²) in [6.07, 6.45) is 6.27. The van der Waals surface area contributed by atoms with Crippen molar-refractivity contribution in [2.45, 2.75) is 18.9 Å². The average Bonchev–Trinajstić information content (AvgIpc) is 2.90. The van der Waals surface area contributed by atoms with Gasteiger partial charge >= 0.3 is 0 Å². The first kappa shape index (κ1) is 16.2. The van der Waals surface area contributed by atoms with Crippen molar-refractivity contribution >= 4 is 23.5 Å². The van der Waals surface area contributed by atoms with E-state index in [2.05, 4.69) is 5.16 Å². The lowest BCUT2D eigenvalue weighted by atomic mass is 9.89. The van der Waals surface area contributed by atoms with E-state index in [9.17, 15) is 5.11 Å². The Morgan fingerprint density at radius 2 is 1.95 bits per heavy atom. The Morgan fingerprint density at radius 3 is 2.48 bits per heavy atom. The van der Waals surface area contributed by atoms with Gasteiger partial charge in [0.2, 0.25) is 0 Å². The molecule has 1 atom stereocenters. The van der Waals surface area contributed by atoms with Crippen LogP contribution in [-0.4, -0.2) is 22.8 Å². The molecule has 2 rings (SSSR count). The van der Waals surface area contributed by atoms with Gasteiger partial charge in [-0.15, -0.1) is 23.5 Å². The van der Waals surface area contributed by atoms with Crippen molar-refractivity contribution in [3.05, 3.63) is 63.7 Å². The van der Waals surface area contributed by atoms with Crippen molar-refractivity contribution in [2.24, 2.45) is 0 Å². The number of nitrogens with zero attached hydrogens (tertiary/aromatic N) is 1. The number of hydrogen-bond donors (Lipinski definition) is 1. The zero-order valence-electron chi connectivity index (χ0n) is 12.4. The topological polar surface area (TPSA) is 46.3 Å². The second-order valence-electron chi connectivity index (χ2n) is 4.77. The third-order valence-electron chi connectivity index (χ3n) is 3.15. The van der Waals surface area contributed by atoms with Crippen molar-refractivity contribution < 1.29 is 9.63 Å². The number of aliphatic hydroxyl groups is 1. The van der Waals surface area contributed by atoms with Crippen LogP contribution in [0.3, 0.4) is 0 Å². The lowest BCUT2D eigenvalue weighted by Gasteiger charge is -2.25. The molecule has 1 heterocycles. The number of rotatable bonds is 6. The van der Waals surface area contributed by atoms with E-state index >= 15 is 0 Å². The van der Waals surface area contributed by atoms with Crippen LogP contribution in [0, 0.1) is 6.92 Å². The van der Waals surface area contributed by atoms with Gasteiger partial charge in [-0.25, -0.2) is 0 Å². The summed E-state index contributed by atoms with van der Waals surface area (Å²) in [5.74, 6) is 0.677. The van der Waals surface area contributed by atoms with Crippen LogP contribution in [0.5, 0.6) is 0 Å². The number of hydrogen-bond acceptors (Lipinski definition) is 5. The van der Waals surface area contributed by atoms with Crippen LogP contribution >= 0.6 is 23.5 Å². The molecule has 0 saturated carbocycles. The van der Waals surface area contributed by atoms with Gasteiger partial charge in [-0.1, -0.05) is 35.5 Å². The Bertz CT molecular complexity index is 604. The summed E-state index contributed by atoms with van der Waals surface area (Å²) >= 11 is 3.25. The minimum Gasteiger partial charge on any atom is -0.380 e. The molecule has 3 nitrogen and oxygen atoms in total. The fraction of sp³-hybridized carbons (Fsp3) is 0.312. The molecule has 112 valence electrons. The van der Waals surface area contributed by atoms with Gasteiger partial charge in [0.05, 0.1) is 5.69 Å². The van der Waals surface area contributed by atoms with Gasteiger partial charge < -0.3 is 9.63 Å². The Balaban J connectivity index is 2.41. The van der Waals surface area contributed by atoms with Crippen LogP contribution in [0.2, 0.25) is 0 Å². The Kier molecular flexibility index (Phi) is 5.56. The third-order valence-corrected chi connectivity index (χ3v) is 5.19. The molecule has 1 aromatic heterocycles. The first-order chi connectivity index (χ1) is 10.1. The molecular formula is C16H19NO2S2. The van der Waals surface area contributed by atoms with E-state index < -0.39 is 5.60 Å². The molecule has 0 spiro atoms. The maximum absolute atomic E-state index is 11.2. The Labute approximate surface area is 133 Å². The number of aryl methyl sites for hydroxylation is 1. The van der Waals surface area contributed by atoms with Crippen LogP contribution in [0.25, 0.3) is 0 Å². The molecule has 1 aromatic carbocycles. The molecule has 5 heteroatoms. The Hall–Kier alpha value is -1.17. The molecule has 2 aromatic rings. The van der Waals surface area contributed by atoms with E-state index in [1.54, 1.807) is 23.5 Å². The number of aromatic nitrogens is 1. The van der Waals surface area contributed by atoms with Gasteiger partial charge in [-0.3, -0.25) is 0 Å². The van der Waals surface area contributed by atoms with E-state index in [0.29, 0.717) is 12.2 Å². The minimum absolute atomic E-state index is 0.364. The fourth-order valence-electron chi connectivity index (χ4n) is 2.12. The SMILES string of the molecule is CSC(=CC(O)(Cc1cc(C)no1)c1ccccc1)SC. The molecule has 1 unspecified atom stereocenters. The van der Waals surface area contributed by atoms with E-state index in [1.165, 1.54) is 0 Å². The first-order valence-corrected chi connectivity index (χ1v) is 9.03. The molecule has 0 radical (unpaired) electrons. The van der Waals surface area contributed by atoms with Crippen molar-refractivity contribution in [1.82, 2.24) is 5.16 Å². The molecular weight excluding hydrogens is 302 g/mol. The van der Waals surface area contributed by atoms with Crippen molar-refractivity contribution in [3.8, 4) is 0 Å². The van der Waals surface area contributed by atoms with E-state index in [-0.39, 0.29) is 0 Å². The fourth-order valence-corrected chi connectivity index (χ4v) is 3.42. The maximum Gasteiger partial charge on any atom is 0.140 e. The van der Waals surface area contributed by atoms with Gasteiger partial charge in [0, 0.05) is 16.7 Å². The molecule has 1 N–H and O–H groups in total. The van der Waals surface area contributed by atoms with E-state index in [0.717, 1.165) is 15.5 Å². The monoisotopic (exact) mass is 321 g/mol. The second-order valence-corrected chi connectivity index (χ2v) is 6.73. The minimum atomic E-state index is -1.10. The summed E-state index contributed by atoms with van der Waals surface area (Å²) in [6, 6.07) is 11.5. The second kappa shape index (κ2) is 7.20. The maximum atomic E-state index is 11.2. The highest BCUT2D eigenvalue weighted by molar-refractivity contribution is 8.21. The summed E-state index contributed by atoms with van der Waals surface area (Å²) in [5, 5.41) is 15.1. The summed E-state index contributed by atoms with van der Waals surface area (Å²) in [4.78, 5) is 0. The third kappa shape index (κ3) is 4.15. The molecule has 0 aliphatic rings. The highest BCUT2D eigenvalue weighted by Crippen LogP contribution is 2.34. The Morgan fingerprint density at radius 1 is 1.29 bits per heavy atom. The quantitative estimate of drug-likeness (QED) is 0.872. The molecule has 0 aliphatic heterocycles. The normalized spacial score (nSPS) is 13.7.